The summed E-state index contributed by atoms with van der Waals surface area (Å²) in [5, 5.41) is 0. The van der Waals surface area contributed by atoms with Crippen molar-refractivity contribution in [3.8, 4) is 0 Å². The van der Waals surface area contributed by atoms with E-state index in [9.17, 15) is 19.2 Å². The number of unbranched alkanes of at least 4 members (excludes halogenated alkanes) is 28. The van der Waals surface area contributed by atoms with Crippen molar-refractivity contribution in [2.45, 2.75) is 238 Å². The van der Waals surface area contributed by atoms with Gasteiger partial charge in [-0.05, 0) is 12.8 Å². The molecule has 0 amide bonds. The van der Waals surface area contributed by atoms with Gasteiger partial charge in [0.25, 0.3) is 0 Å². The first-order valence-electron chi connectivity index (χ1n) is 22.2. The van der Waals surface area contributed by atoms with Crippen LogP contribution in [0.15, 0.2) is 0 Å². The summed E-state index contributed by atoms with van der Waals surface area (Å²) in [6.07, 6.45) is 36.7. The Labute approximate surface area is 325 Å². The molecule has 2 N–H and O–H groups in total. The average molecular weight is 754 g/mol. The van der Waals surface area contributed by atoms with Crippen molar-refractivity contribution >= 4 is 23.9 Å². The van der Waals surface area contributed by atoms with Gasteiger partial charge in [0.15, 0.2) is 6.10 Å². The molecule has 9 heteroatoms. The van der Waals surface area contributed by atoms with E-state index in [4.69, 9.17) is 19.9 Å². The summed E-state index contributed by atoms with van der Waals surface area (Å²) < 4.78 is 20.8. The molecule has 0 aromatic heterocycles. The highest BCUT2D eigenvalue weighted by molar-refractivity contribution is 5.82. The van der Waals surface area contributed by atoms with Crippen LogP contribution in [0.5, 0.6) is 0 Å². The first kappa shape index (κ1) is 50.8. The number of carbonyl (C=O) groups excluding carboxylic acids is 4. The van der Waals surface area contributed by atoms with E-state index in [0.717, 1.165) is 32.1 Å². The third kappa shape index (κ3) is 36.6. The number of ether oxygens (including phenoxy) is 4. The molecule has 0 radical (unpaired) electrons. The van der Waals surface area contributed by atoms with Gasteiger partial charge in [-0.3, -0.25) is 19.2 Å². The van der Waals surface area contributed by atoms with E-state index < -0.39 is 30.1 Å². The largest absolute Gasteiger partial charge is 0.469 e. The quantitative estimate of drug-likeness (QED) is 0.0369. The predicted molar refractivity (Wildman–Crippen MR) is 215 cm³/mol. The van der Waals surface area contributed by atoms with E-state index in [1.807, 2.05) is 0 Å². The summed E-state index contributed by atoms with van der Waals surface area (Å²) in [6.45, 7) is 3.99. The summed E-state index contributed by atoms with van der Waals surface area (Å²) in [5.41, 5.74) is 5.75. The lowest BCUT2D eigenvalue weighted by atomic mass is 10.0. The molecule has 2 unspecified atom stereocenters. The number of carbonyl (C=O) groups is 4. The predicted octanol–water partition coefficient (Wildman–Crippen LogP) is 11.4. The molecule has 0 spiro atoms. The van der Waals surface area contributed by atoms with Crippen LogP contribution in [-0.4, -0.2) is 56.3 Å². The van der Waals surface area contributed by atoms with Gasteiger partial charge < -0.3 is 24.7 Å². The van der Waals surface area contributed by atoms with Crippen LogP contribution < -0.4 is 5.73 Å². The Kier molecular flexibility index (Phi) is 37.9. The average Bonchev–Trinajstić information content (AvgIpc) is 3.15. The Morgan fingerprint density at radius 2 is 0.755 bits per heavy atom. The second-order valence-electron chi connectivity index (χ2n) is 15.2. The van der Waals surface area contributed by atoms with E-state index in [1.54, 1.807) is 0 Å². The molecule has 312 valence electrons. The van der Waals surface area contributed by atoms with Crippen LogP contribution in [0.4, 0.5) is 0 Å². The Bertz CT molecular complexity index is 866. The first-order valence-corrected chi connectivity index (χ1v) is 22.2. The zero-order chi connectivity index (χ0) is 39.0. The van der Waals surface area contributed by atoms with Gasteiger partial charge in [-0.25, -0.2) is 0 Å². The zero-order valence-corrected chi connectivity index (χ0v) is 34.7. The topological polar surface area (TPSA) is 131 Å². The molecule has 0 aliphatic heterocycles. The lowest BCUT2D eigenvalue weighted by Crippen LogP contribution is -2.38. The number of hydrogen-bond acceptors (Lipinski definition) is 9. The van der Waals surface area contributed by atoms with Gasteiger partial charge in [0, 0.05) is 12.8 Å². The van der Waals surface area contributed by atoms with Gasteiger partial charge in [-0.15, -0.1) is 0 Å². The van der Waals surface area contributed by atoms with E-state index in [-0.39, 0.29) is 32.0 Å². The van der Waals surface area contributed by atoms with Crippen LogP contribution >= 0.6 is 0 Å². The molecule has 0 aliphatic rings. The fraction of sp³-hybridized carbons (Fsp3) is 0.909. The van der Waals surface area contributed by atoms with Crippen LogP contribution in [0.1, 0.15) is 226 Å². The van der Waals surface area contributed by atoms with Crippen LogP contribution in [0.3, 0.4) is 0 Å². The fourth-order valence-corrected chi connectivity index (χ4v) is 6.53. The van der Waals surface area contributed by atoms with E-state index >= 15 is 0 Å². The Morgan fingerprint density at radius 3 is 1.11 bits per heavy atom. The smallest absolute Gasteiger partial charge is 0.323 e. The van der Waals surface area contributed by atoms with Crippen LogP contribution in [0.2, 0.25) is 0 Å². The standard InChI is InChI=1S/C44H83NO8/c1-4-6-8-10-12-14-16-18-20-22-24-26-28-30-32-34-41(46)51-37-39(38-52-44(49)40(45)36-43(48)50-3)53-42(47)35-33-31-29-27-25-23-21-19-17-15-13-11-9-7-5-2/h39-40H,4-38,45H2,1-3H3. The monoisotopic (exact) mass is 754 g/mol. The number of rotatable bonds is 40. The van der Waals surface area contributed by atoms with Crippen molar-refractivity contribution in [1.29, 1.82) is 0 Å². The second-order valence-corrected chi connectivity index (χ2v) is 15.2. The van der Waals surface area contributed by atoms with Gasteiger partial charge in [0.1, 0.15) is 19.3 Å². The molecular weight excluding hydrogens is 670 g/mol. The van der Waals surface area contributed by atoms with E-state index in [1.165, 1.54) is 161 Å². The highest BCUT2D eigenvalue weighted by Crippen LogP contribution is 2.16. The lowest BCUT2D eigenvalue weighted by Gasteiger charge is -2.19. The highest BCUT2D eigenvalue weighted by Gasteiger charge is 2.23. The van der Waals surface area contributed by atoms with E-state index in [2.05, 4.69) is 18.6 Å². The number of esters is 4. The molecule has 0 aromatic rings. The molecule has 9 nitrogen and oxygen atoms in total. The number of hydrogen-bond donors (Lipinski definition) is 1. The van der Waals surface area contributed by atoms with Crippen molar-refractivity contribution in [2.75, 3.05) is 20.3 Å². The van der Waals surface area contributed by atoms with Crippen LogP contribution in [0, 0.1) is 0 Å². The molecule has 0 bridgehead atoms. The van der Waals surface area contributed by atoms with Crippen molar-refractivity contribution in [3.05, 3.63) is 0 Å². The van der Waals surface area contributed by atoms with Gasteiger partial charge in [-0.2, -0.15) is 0 Å². The summed E-state index contributed by atoms with van der Waals surface area (Å²) >= 11 is 0. The molecule has 0 saturated heterocycles. The second kappa shape index (κ2) is 39.5. The maximum absolute atomic E-state index is 12.6. The minimum absolute atomic E-state index is 0.207. The minimum Gasteiger partial charge on any atom is -0.469 e. The maximum atomic E-state index is 12.6. The first-order chi connectivity index (χ1) is 25.8. The summed E-state index contributed by atoms with van der Waals surface area (Å²) in [5.74, 6) is -2.23. The molecule has 0 fully saturated rings. The van der Waals surface area contributed by atoms with E-state index in [0.29, 0.717) is 12.8 Å². The molecule has 0 heterocycles. The molecule has 53 heavy (non-hydrogen) atoms. The summed E-state index contributed by atoms with van der Waals surface area (Å²) in [7, 11) is 1.21. The van der Waals surface area contributed by atoms with Gasteiger partial charge >= 0.3 is 23.9 Å². The Balaban J connectivity index is 4.23. The van der Waals surface area contributed by atoms with Crippen LogP contribution in [-0.2, 0) is 38.1 Å². The third-order valence-electron chi connectivity index (χ3n) is 10.0. The Morgan fingerprint density at radius 1 is 0.434 bits per heavy atom. The lowest BCUT2D eigenvalue weighted by molar-refractivity contribution is -0.167. The fourth-order valence-electron chi connectivity index (χ4n) is 6.53. The normalized spacial score (nSPS) is 12.3. The van der Waals surface area contributed by atoms with Crippen molar-refractivity contribution < 1.29 is 38.1 Å². The zero-order valence-electron chi connectivity index (χ0n) is 34.7. The van der Waals surface area contributed by atoms with Crippen molar-refractivity contribution in [2.24, 2.45) is 5.73 Å². The molecule has 0 aliphatic carbocycles. The third-order valence-corrected chi connectivity index (χ3v) is 10.0. The molecule has 0 rings (SSSR count). The number of methoxy groups -OCH3 is 1. The molecular formula is C44H83NO8. The summed E-state index contributed by atoms with van der Waals surface area (Å²) in [4.78, 5) is 48.9. The minimum atomic E-state index is -1.20. The Hall–Kier alpha value is -2.16. The van der Waals surface area contributed by atoms with Crippen molar-refractivity contribution in [3.63, 3.8) is 0 Å². The summed E-state index contributed by atoms with van der Waals surface area (Å²) in [6, 6.07) is -1.20. The molecule has 0 aromatic carbocycles. The molecule has 2 atom stereocenters. The number of nitrogens with two attached hydrogens (primary N) is 1. The van der Waals surface area contributed by atoms with Gasteiger partial charge in [-0.1, -0.05) is 194 Å². The van der Waals surface area contributed by atoms with Crippen molar-refractivity contribution in [1.82, 2.24) is 0 Å². The maximum Gasteiger partial charge on any atom is 0.323 e. The molecule has 0 saturated carbocycles. The van der Waals surface area contributed by atoms with Crippen LogP contribution in [0.25, 0.3) is 0 Å². The van der Waals surface area contributed by atoms with Gasteiger partial charge in [0.2, 0.25) is 0 Å². The van der Waals surface area contributed by atoms with Gasteiger partial charge in [0.05, 0.1) is 13.5 Å². The SMILES string of the molecule is CCCCCCCCCCCCCCCCCC(=O)OCC(COC(=O)C(N)CC(=O)OC)OC(=O)CCCCCCCCCCCCCCCCC. The highest BCUT2D eigenvalue weighted by atomic mass is 16.6.